The molecular formula is C17H23N3O3S. The Bertz CT molecular complexity index is 814. The third-order valence-electron chi connectivity index (χ3n) is 4.56. The molecule has 1 aromatic heterocycles. The maximum atomic E-state index is 12.3. The van der Waals surface area contributed by atoms with Crippen LogP contribution in [0, 0.1) is 12.8 Å². The van der Waals surface area contributed by atoms with Crippen LogP contribution in [-0.4, -0.2) is 55.3 Å². The fourth-order valence-corrected chi connectivity index (χ4v) is 4.24. The average molecular weight is 349 g/mol. The van der Waals surface area contributed by atoms with Crippen LogP contribution in [0.25, 0.3) is 11.4 Å². The van der Waals surface area contributed by atoms with Crippen LogP contribution >= 0.6 is 0 Å². The molecule has 0 aliphatic carbocycles. The van der Waals surface area contributed by atoms with E-state index >= 15 is 0 Å². The molecule has 2 aromatic rings. The summed E-state index contributed by atoms with van der Waals surface area (Å²) in [6.07, 6.45) is 3.67. The lowest BCUT2D eigenvalue weighted by molar-refractivity contribution is 0.182. The summed E-state index contributed by atoms with van der Waals surface area (Å²) in [6, 6.07) is 8.04. The van der Waals surface area contributed by atoms with E-state index in [4.69, 9.17) is 4.74 Å². The van der Waals surface area contributed by atoms with Gasteiger partial charge in [-0.15, -0.1) is 0 Å². The summed E-state index contributed by atoms with van der Waals surface area (Å²) in [7, 11) is -0.140. The van der Waals surface area contributed by atoms with Crippen LogP contribution in [0.2, 0.25) is 0 Å². The van der Waals surface area contributed by atoms with Crippen molar-refractivity contribution in [2.24, 2.45) is 5.92 Å². The SMILES string of the molecule is Cc1ccccc1-c1nccn1[C@@H]1COC[C@@H]1CS(=O)(=O)N(C)C. The van der Waals surface area contributed by atoms with Crippen molar-refractivity contribution in [3.8, 4) is 11.4 Å². The van der Waals surface area contributed by atoms with Gasteiger partial charge < -0.3 is 9.30 Å². The van der Waals surface area contributed by atoms with Crippen molar-refractivity contribution in [1.82, 2.24) is 13.9 Å². The molecule has 1 aliphatic heterocycles. The van der Waals surface area contributed by atoms with Crippen molar-refractivity contribution < 1.29 is 13.2 Å². The fourth-order valence-electron chi connectivity index (χ4n) is 3.09. The Kier molecular flexibility index (Phi) is 4.76. The molecule has 0 saturated carbocycles. The van der Waals surface area contributed by atoms with E-state index in [2.05, 4.69) is 9.55 Å². The molecule has 0 N–H and O–H groups in total. The zero-order valence-electron chi connectivity index (χ0n) is 14.2. The average Bonchev–Trinajstić information content (AvgIpc) is 3.15. The number of hydrogen-bond acceptors (Lipinski definition) is 4. The number of aryl methyl sites for hydroxylation is 1. The van der Waals surface area contributed by atoms with Gasteiger partial charge in [0.15, 0.2) is 0 Å². The van der Waals surface area contributed by atoms with Gasteiger partial charge in [0.25, 0.3) is 0 Å². The summed E-state index contributed by atoms with van der Waals surface area (Å²) in [5.74, 6) is 0.848. The minimum Gasteiger partial charge on any atom is -0.379 e. The Morgan fingerprint density at radius 3 is 2.75 bits per heavy atom. The Balaban J connectivity index is 1.92. The molecule has 1 aromatic carbocycles. The highest BCUT2D eigenvalue weighted by molar-refractivity contribution is 7.89. The van der Waals surface area contributed by atoms with Crippen LogP contribution in [0.4, 0.5) is 0 Å². The second-order valence-electron chi connectivity index (χ2n) is 6.40. The number of sulfonamides is 1. The topological polar surface area (TPSA) is 64.4 Å². The van der Waals surface area contributed by atoms with E-state index in [1.54, 1.807) is 20.3 Å². The zero-order valence-corrected chi connectivity index (χ0v) is 15.0. The van der Waals surface area contributed by atoms with Gasteiger partial charge in [-0.2, -0.15) is 0 Å². The van der Waals surface area contributed by atoms with Crippen LogP contribution in [0.1, 0.15) is 11.6 Å². The van der Waals surface area contributed by atoms with Crippen LogP contribution in [0.5, 0.6) is 0 Å². The lowest BCUT2D eigenvalue weighted by atomic mass is 10.0. The second-order valence-corrected chi connectivity index (χ2v) is 8.63. The number of aromatic nitrogens is 2. The fraction of sp³-hybridized carbons (Fsp3) is 0.471. The third-order valence-corrected chi connectivity index (χ3v) is 6.52. The van der Waals surface area contributed by atoms with E-state index in [0.717, 1.165) is 17.0 Å². The van der Waals surface area contributed by atoms with Gasteiger partial charge in [-0.25, -0.2) is 17.7 Å². The molecule has 1 aliphatic rings. The quantitative estimate of drug-likeness (QED) is 0.827. The maximum absolute atomic E-state index is 12.3. The van der Waals surface area contributed by atoms with Crippen LogP contribution in [0.15, 0.2) is 36.7 Å². The van der Waals surface area contributed by atoms with Crippen molar-refractivity contribution in [3.63, 3.8) is 0 Å². The van der Waals surface area contributed by atoms with E-state index in [-0.39, 0.29) is 17.7 Å². The highest BCUT2D eigenvalue weighted by atomic mass is 32.2. The molecule has 24 heavy (non-hydrogen) atoms. The number of imidazole rings is 1. The molecule has 2 heterocycles. The van der Waals surface area contributed by atoms with Crippen LogP contribution < -0.4 is 0 Å². The van der Waals surface area contributed by atoms with Gasteiger partial charge in [-0.1, -0.05) is 24.3 Å². The number of rotatable bonds is 5. The number of ether oxygens (including phenoxy) is 1. The largest absolute Gasteiger partial charge is 0.379 e. The first-order valence-corrected chi connectivity index (χ1v) is 9.58. The molecule has 0 spiro atoms. The molecule has 1 fully saturated rings. The first-order chi connectivity index (χ1) is 11.4. The van der Waals surface area contributed by atoms with Crippen molar-refractivity contribution in [2.45, 2.75) is 13.0 Å². The third kappa shape index (κ3) is 3.24. The first-order valence-electron chi connectivity index (χ1n) is 7.97. The number of benzene rings is 1. The van der Waals surface area contributed by atoms with Gasteiger partial charge in [0, 0.05) is 38.0 Å². The standard InChI is InChI=1S/C17H23N3O3S/c1-13-6-4-5-7-15(13)17-18-8-9-20(17)16-11-23-10-14(16)12-24(21,22)19(2)3/h4-9,14,16H,10-12H2,1-3H3/t14-,16-/m1/s1. The van der Waals surface area contributed by atoms with Crippen LogP contribution in [-0.2, 0) is 14.8 Å². The van der Waals surface area contributed by atoms with Gasteiger partial charge in [-0.05, 0) is 12.5 Å². The molecule has 130 valence electrons. The predicted octanol–water partition coefficient (Wildman–Crippen LogP) is 1.94. The number of nitrogens with zero attached hydrogens (tertiary/aromatic N) is 3. The first kappa shape index (κ1) is 17.1. The molecule has 3 rings (SSSR count). The zero-order chi connectivity index (χ0) is 17.3. The summed E-state index contributed by atoms with van der Waals surface area (Å²) in [4.78, 5) is 4.51. The van der Waals surface area contributed by atoms with E-state index in [0.29, 0.717) is 13.2 Å². The normalized spacial score (nSPS) is 21.5. The van der Waals surface area contributed by atoms with Crippen LogP contribution in [0.3, 0.4) is 0 Å². The molecular weight excluding hydrogens is 326 g/mol. The highest BCUT2D eigenvalue weighted by Crippen LogP contribution is 2.32. The smallest absolute Gasteiger partial charge is 0.214 e. The lowest BCUT2D eigenvalue weighted by Gasteiger charge is -2.23. The molecule has 0 bridgehead atoms. The molecule has 2 atom stereocenters. The monoisotopic (exact) mass is 349 g/mol. The van der Waals surface area contributed by atoms with E-state index in [1.807, 2.05) is 37.4 Å². The lowest BCUT2D eigenvalue weighted by Crippen LogP contribution is -2.32. The van der Waals surface area contributed by atoms with E-state index in [9.17, 15) is 8.42 Å². The van der Waals surface area contributed by atoms with E-state index < -0.39 is 10.0 Å². The van der Waals surface area contributed by atoms with Crippen molar-refractivity contribution in [3.05, 3.63) is 42.2 Å². The summed E-state index contributed by atoms with van der Waals surface area (Å²) in [6.45, 7) is 3.00. The summed E-state index contributed by atoms with van der Waals surface area (Å²) in [5, 5.41) is 0. The Labute approximate surface area is 143 Å². The molecule has 1 saturated heterocycles. The van der Waals surface area contributed by atoms with Gasteiger partial charge in [0.05, 0.1) is 25.0 Å². The molecule has 0 radical (unpaired) electrons. The second kappa shape index (κ2) is 6.66. The molecule has 7 heteroatoms. The summed E-state index contributed by atoms with van der Waals surface area (Å²) in [5.41, 5.74) is 2.20. The molecule has 6 nitrogen and oxygen atoms in total. The Morgan fingerprint density at radius 2 is 2.04 bits per heavy atom. The van der Waals surface area contributed by atoms with Gasteiger partial charge in [0.2, 0.25) is 10.0 Å². The Morgan fingerprint density at radius 1 is 1.29 bits per heavy atom. The molecule has 0 unspecified atom stereocenters. The van der Waals surface area contributed by atoms with E-state index in [1.165, 1.54) is 4.31 Å². The van der Waals surface area contributed by atoms with Gasteiger partial charge in [0.1, 0.15) is 5.82 Å². The Hall–Kier alpha value is -1.70. The summed E-state index contributed by atoms with van der Waals surface area (Å²) >= 11 is 0. The minimum atomic E-state index is -3.27. The highest BCUT2D eigenvalue weighted by Gasteiger charge is 2.35. The maximum Gasteiger partial charge on any atom is 0.214 e. The van der Waals surface area contributed by atoms with Gasteiger partial charge >= 0.3 is 0 Å². The predicted molar refractivity (Wildman–Crippen MR) is 93.2 cm³/mol. The number of hydrogen-bond donors (Lipinski definition) is 0. The minimum absolute atomic E-state index is 0.0307. The van der Waals surface area contributed by atoms with Crippen molar-refractivity contribution >= 4 is 10.0 Å². The van der Waals surface area contributed by atoms with Gasteiger partial charge in [-0.3, -0.25) is 0 Å². The van der Waals surface area contributed by atoms with Crippen molar-refractivity contribution in [1.29, 1.82) is 0 Å². The summed E-state index contributed by atoms with van der Waals surface area (Å²) < 4.78 is 33.5. The van der Waals surface area contributed by atoms with Crippen molar-refractivity contribution in [2.75, 3.05) is 33.1 Å². The molecule has 0 amide bonds.